The van der Waals surface area contributed by atoms with E-state index in [1.807, 2.05) is 6.07 Å². The van der Waals surface area contributed by atoms with Crippen molar-refractivity contribution in [3.63, 3.8) is 0 Å². The van der Waals surface area contributed by atoms with Gasteiger partial charge in [0.1, 0.15) is 0 Å². The van der Waals surface area contributed by atoms with Crippen molar-refractivity contribution in [1.29, 1.82) is 0 Å². The van der Waals surface area contributed by atoms with Gasteiger partial charge in [0.2, 0.25) is 15.7 Å². The molecule has 0 atom stereocenters. The van der Waals surface area contributed by atoms with E-state index in [2.05, 4.69) is 15.6 Å². The number of nitrogens with two attached hydrogens (primary N) is 1. The van der Waals surface area contributed by atoms with Crippen molar-refractivity contribution >= 4 is 33.2 Å². The van der Waals surface area contributed by atoms with Crippen LogP contribution in [0.4, 0.5) is 5.69 Å². The molecule has 0 spiro atoms. The van der Waals surface area contributed by atoms with Gasteiger partial charge in [-0.25, -0.2) is 8.42 Å². The second-order valence-corrected chi connectivity index (χ2v) is 10.2. The summed E-state index contributed by atoms with van der Waals surface area (Å²) in [5.74, 6) is -1.52. The summed E-state index contributed by atoms with van der Waals surface area (Å²) < 4.78 is 26.2. The third-order valence-electron chi connectivity index (χ3n) is 5.96. The van der Waals surface area contributed by atoms with Crippen LogP contribution >= 0.6 is 0 Å². The van der Waals surface area contributed by atoms with Gasteiger partial charge >= 0.3 is 0 Å². The first-order valence-electron chi connectivity index (χ1n) is 11.2. The van der Waals surface area contributed by atoms with E-state index in [0.717, 1.165) is 11.1 Å². The minimum absolute atomic E-state index is 0.0404. The van der Waals surface area contributed by atoms with Crippen LogP contribution in [-0.4, -0.2) is 31.1 Å². The van der Waals surface area contributed by atoms with Crippen LogP contribution in [0.25, 0.3) is 11.1 Å². The molecule has 3 aromatic carbocycles. The van der Waals surface area contributed by atoms with Gasteiger partial charge in [-0.1, -0.05) is 30.3 Å². The number of rotatable bonds is 5. The normalized spacial score (nSPS) is 13.5. The third kappa shape index (κ3) is 4.57. The summed E-state index contributed by atoms with van der Waals surface area (Å²) in [7, 11) is -3.95. The molecule has 0 bridgehead atoms. The maximum Gasteiger partial charge on any atom is 0.257 e. The molecule has 0 saturated heterocycles. The van der Waals surface area contributed by atoms with Gasteiger partial charge in [-0.05, 0) is 54.1 Å². The summed E-state index contributed by atoms with van der Waals surface area (Å²) in [5.41, 5.74) is 8.24. The van der Waals surface area contributed by atoms with Gasteiger partial charge in [-0.15, -0.1) is 0 Å². The van der Waals surface area contributed by atoms with Crippen molar-refractivity contribution < 1.29 is 22.8 Å². The molecule has 10 heteroatoms. The van der Waals surface area contributed by atoms with Crippen LogP contribution in [0.2, 0.25) is 0 Å². The van der Waals surface area contributed by atoms with E-state index < -0.39 is 27.6 Å². The molecule has 0 saturated carbocycles. The number of amides is 3. The van der Waals surface area contributed by atoms with Gasteiger partial charge in [0.15, 0.2) is 0 Å². The highest BCUT2D eigenvalue weighted by Gasteiger charge is 2.31. The number of primary amides is 1. The van der Waals surface area contributed by atoms with Crippen molar-refractivity contribution in [2.24, 2.45) is 5.73 Å². The fourth-order valence-corrected chi connectivity index (χ4v) is 5.59. The molecular formula is C27H20N4O5S. The standard InChI is InChI=1S/C27H20N4O5S/c28-25(32)17-7-5-16(6-8-17)19-9-11-20(29-14-19)15-30-26(33)18-10-12-24-22(13-18)31-27(34)21-3-1-2-4-23(21)37(24,35)36/h1-14H,15H2,(H2,28,32)(H,30,33)(H,31,34). The molecule has 0 aliphatic carbocycles. The quantitative estimate of drug-likeness (QED) is 0.374. The molecule has 4 N–H and O–H groups in total. The minimum Gasteiger partial charge on any atom is -0.366 e. The van der Waals surface area contributed by atoms with Crippen LogP contribution in [0.15, 0.2) is 94.9 Å². The lowest BCUT2D eigenvalue weighted by molar-refractivity contribution is 0.0948. The first-order valence-corrected chi connectivity index (χ1v) is 12.7. The Labute approximate surface area is 212 Å². The lowest BCUT2D eigenvalue weighted by Gasteiger charge is -2.10. The summed E-state index contributed by atoms with van der Waals surface area (Å²) in [6.45, 7) is 0.132. The van der Waals surface area contributed by atoms with Crippen molar-refractivity contribution in [2.75, 3.05) is 5.32 Å². The molecule has 1 aliphatic heterocycles. The van der Waals surface area contributed by atoms with Crippen molar-refractivity contribution in [2.45, 2.75) is 16.3 Å². The maximum absolute atomic E-state index is 13.1. The number of hydrogen-bond acceptors (Lipinski definition) is 6. The Morgan fingerprint density at radius 1 is 0.865 bits per heavy atom. The molecule has 1 aromatic heterocycles. The van der Waals surface area contributed by atoms with Gasteiger partial charge in [0, 0.05) is 22.9 Å². The van der Waals surface area contributed by atoms with Crippen molar-refractivity contribution in [1.82, 2.24) is 10.3 Å². The lowest BCUT2D eigenvalue weighted by atomic mass is 10.1. The monoisotopic (exact) mass is 512 g/mol. The number of nitrogens with zero attached hydrogens (tertiary/aromatic N) is 1. The summed E-state index contributed by atoms with van der Waals surface area (Å²) in [4.78, 5) is 40.8. The number of sulfone groups is 1. The topological polar surface area (TPSA) is 148 Å². The van der Waals surface area contributed by atoms with E-state index in [1.165, 1.54) is 30.3 Å². The van der Waals surface area contributed by atoms with Crippen molar-refractivity contribution in [3.05, 3.63) is 107 Å². The summed E-state index contributed by atoms with van der Waals surface area (Å²) in [6, 6.07) is 20.5. The number of pyridine rings is 1. The van der Waals surface area contributed by atoms with E-state index in [-0.39, 0.29) is 33.2 Å². The van der Waals surface area contributed by atoms with E-state index >= 15 is 0 Å². The predicted molar refractivity (Wildman–Crippen MR) is 136 cm³/mol. The van der Waals surface area contributed by atoms with E-state index in [0.29, 0.717) is 11.3 Å². The van der Waals surface area contributed by atoms with Crippen molar-refractivity contribution in [3.8, 4) is 11.1 Å². The highest BCUT2D eigenvalue weighted by Crippen LogP contribution is 2.34. The molecule has 184 valence electrons. The Kier molecular flexibility index (Phi) is 6.02. The minimum atomic E-state index is -3.95. The molecule has 0 fully saturated rings. The first kappa shape index (κ1) is 23.9. The Morgan fingerprint density at radius 3 is 2.27 bits per heavy atom. The molecule has 9 nitrogen and oxygen atoms in total. The highest BCUT2D eigenvalue weighted by molar-refractivity contribution is 7.91. The SMILES string of the molecule is NC(=O)c1ccc(-c2ccc(CNC(=O)c3ccc4c(c3)NC(=O)c3ccccc3S4(=O)=O)nc2)cc1. The number of benzene rings is 3. The van der Waals surface area contributed by atoms with Gasteiger partial charge in [0.05, 0.1) is 33.3 Å². The fraction of sp³-hybridized carbons (Fsp3) is 0.0370. The predicted octanol–water partition coefficient (Wildman–Crippen LogP) is 3.18. The zero-order valence-corrected chi connectivity index (χ0v) is 20.1. The molecule has 0 unspecified atom stereocenters. The molecule has 1 aliphatic rings. The second-order valence-electron chi connectivity index (χ2n) is 8.33. The maximum atomic E-state index is 13.1. The Hall–Kier alpha value is -4.83. The number of hydrogen-bond donors (Lipinski definition) is 3. The van der Waals surface area contributed by atoms with E-state index in [1.54, 1.807) is 48.7 Å². The van der Waals surface area contributed by atoms with Crippen LogP contribution < -0.4 is 16.4 Å². The summed E-state index contributed by atoms with van der Waals surface area (Å²) in [5, 5.41) is 5.35. The smallest absolute Gasteiger partial charge is 0.257 e. The molecule has 0 radical (unpaired) electrons. The third-order valence-corrected chi connectivity index (χ3v) is 7.83. The number of carbonyl (C=O) groups excluding carboxylic acids is 3. The van der Waals surface area contributed by atoms with Crippen LogP contribution in [0, 0.1) is 0 Å². The van der Waals surface area contributed by atoms with Gasteiger partial charge in [-0.2, -0.15) is 0 Å². The van der Waals surface area contributed by atoms with Crippen LogP contribution in [0.5, 0.6) is 0 Å². The number of fused-ring (bicyclic) bond motifs is 2. The first-order chi connectivity index (χ1) is 17.7. The van der Waals surface area contributed by atoms with Crippen LogP contribution in [0.3, 0.4) is 0 Å². The molecule has 3 amide bonds. The molecule has 5 rings (SSSR count). The molecule has 37 heavy (non-hydrogen) atoms. The number of aromatic nitrogens is 1. The average Bonchev–Trinajstić information content (AvgIpc) is 2.99. The lowest BCUT2D eigenvalue weighted by Crippen LogP contribution is -2.23. The number of nitrogens with one attached hydrogen (secondary N) is 2. The Bertz CT molecular complexity index is 1660. The van der Waals surface area contributed by atoms with E-state index in [4.69, 9.17) is 5.73 Å². The fourth-order valence-electron chi connectivity index (χ4n) is 4.00. The van der Waals surface area contributed by atoms with Crippen LogP contribution in [-0.2, 0) is 16.4 Å². The Balaban J connectivity index is 1.30. The highest BCUT2D eigenvalue weighted by atomic mass is 32.2. The molecular weight excluding hydrogens is 492 g/mol. The molecule has 4 aromatic rings. The molecule has 2 heterocycles. The van der Waals surface area contributed by atoms with Crippen LogP contribution in [0.1, 0.15) is 36.8 Å². The van der Waals surface area contributed by atoms with Gasteiger partial charge in [0.25, 0.3) is 11.8 Å². The van der Waals surface area contributed by atoms with Gasteiger partial charge < -0.3 is 16.4 Å². The average molecular weight is 513 g/mol. The number of carbonyl (C=O) groups is 3. The summed E-state index contributed by atoms with van der Waals surface area (Å²) >= 11 is 0. The number of anilines is 1. The summed E-state index contributed by atoms with van der Waals surface area (Å²) in [6.07, 6.45) is 1.65. The van der Waals surface area contributed by atoms with Gasteiger partial charge in [-0.3, -0.25) is 19.4 Å². The second kappa shape index (κ2) is 9.32. The zero-order valence-electron chi connectivity index (χ0n) is 19.3. The largest absolute Gasteiger partial charge is 0.366 e. The Morgan fingerprint density at radius 2 is 1.57 bits per heavy atom. The zero-order chi connectivity index (χ0) is 26.2. The van der Waals surface area contributed by atoms with E-state index in [9.17, 15) is 22.8 Å².